The molecule has 0 amide bonds. The summed E-state index contributed by atoms with van der Waals surface area (Å²) in [6.45, 7) is 8.45. The van der Waals surface area contributed by atoms with Crippen molar-refractivity contribution in [1.82, 2.24) is 0 Å². The molecule has 3 nitrogen and oxygen atoms in total. The van der Waals surface area contributed by atoms with E-state index in [-0.39, 0.29) is 11.9 Å². The molecule has 100 valence electrons. The van der Waals surface area contributed by atoms with E-state index >= 15 is 0 Å². The Morgan fingerprint density at radius 2 is 1.59 bits per heavy atom. The predicted molar refractivity (Wildman–Crippen MR) is 68.5 cm³/mol. The molecule has 0 fully saturated rings. The highest BCUT2D eigenvalue weighted by atomic mass is 16.6. The molecule has 3 heteroatoms. The molecule has 0 aromatic rings. The molecule has 0 bridgehead atoms. The minimum atomic E-state index is -0.376. The van der Waals surface area contributed by atoms with Gasteiger partial charge in [-0.15, -0.1) is 0 Å². The number of hydrogen-bond acceptors (Lipinski definition) is 3. The lowest BCUT2D eigenvalue weighted by molar-refractivity contribution is -0.159. The molecule has 0 aliphatic heterocycles. The second-order valence-electron chi connectivity index (χ2n) is 5.06. The molecule has 1 unspecified atom stereocenters. The summed E-state index contributed by atoms with van der Waals surface area (Å²) < 4.78 is 4.75. The highest BCUT2D eigenvalue weighted by molar-refractivity contribution is 5.85. The van der Waals surface area contributed by atoms with Crippen LogP contribution in [-0.4, -0.2) is 11.9 Å². The summed E-state index contributed by atoms with van der Waals surface area (Å²) in [4.78, 5) is 22.6. The molecule has 0 aliphatic carbocycles. The maximum Gasteiger partial charge on any atom is 0.313 e. The lowest BCUT2D eigenvalue weighted by atomic mass is 9.93. The van der Waals surface area contributed by atoms with Crippen LogP contribution in [0.5, 0.6) is 0 Å². The second kappa shape index (κ2) is 9.20. The largest absolute Gasteiger partial charge is 0.393 e. The molecule has 0 radical (unpaired) electrons. The molecular weight excluding hydrogens is 216 g/mol. The third-order valence-electron chi connectivity index (χ3n) is 3.15. The van der Waals surface area contributed by atoms with Gasteiger partial charge >= 0.3 is 11.9 Å². The lowest BCUT2D eigenvalue weighted by Gasteiger charge is -2.14. The summed E-state index contributed by atoms with van der Waals surface area (Å²) in [5.41, 5.74) is 0. The standard InChI is InChI=1S/C14H26O3/c1-5-6-7-8-13(15)17-14(16)10-9-12(4)11(2)3/h11-12H,5-10H2,1-4H3. The number of rotatable bonds is 8. The zero-order chi connectivity index (χ0) is 13.3. The van der Waals surface area contributed by atoms with Crippen molar-refractivity contribution >= 4 is 11.9 Å². The van der Waals surface area contributed by atoms with Crippen LogP contribution >= 0.6 is 0 Å². The Morgan fingerprint density at radius 1 is 1.00 bits per heavy atom. The van der Waals surface area contributed by atoms with Crippen LogP contribution in [0, 0.1) is 11.8 Å². The maximum atomic E-state index is 11.4. The van der Waals surface area contributed by atoms with Gasteiger partial charge in [-0.05, 0) is 24.7 Å². The Bertz CT molecular complexity index is 234. The van der Waals surface area contributed by atoms with Gasteiger partial charge in [0.2, 0.25) is 0 Å². The van der Waals surface area contributed by atoms with Crippen LogP contribution in [0.4, 0.5) is 0 Å². The highest BCUT2D eigenvalue weighted by Gasteiger charge is 2.13. The van der Waals surface area contributed by atoms with Crippen LogP contribution in [0.1, 0.15) is 66.2 Å². The summed E-state index contributed by atoms with van der Waals surface area (Å²) in [5.74, 6) is 0.292. The average molecular weight is 242 g/mol. The van der Waals surface area contributed by atoms with Crippen LogP contribution in [0.25, 0.3) is 0 Å². The monoisotopic (exact) mass is 242 g/mol. The van der Waals surface area contributed by atoms with E-state index in [4.69, 9.17) is 4.74 Å². The van der Waals surface area contributed by atoms with Crippen molar-refractivity contribution in [3.05, 3.63) is 0 Å². The normalized spacial score (nSPS) is 12.5. The fraction of sp³-hybridized carbons (Fsp3) is 0.857. The van der Waals surface area contributed by atoms with E-state index < -0.39 is 0 Å². The van der Waals surface area contributed by atoms with E-state index in [9.17, 15) is 9.59 Å². The van der Waals surface area contributed by atoms with Crippen molar-refractivity contribution in [2.75, 3.05) is 0 Å². The maximum absolute atomic E-state index is 11.4. The Hall–Kier alpha value is -0.860. The van der Waals surface area contributed by atoms with Gasteiger partial charge in [0.15, 0.2) is 0 Å². The van der Waals surface area contributed by atoms with Gasteiger partial charge in [-0.1, -0.05) is 40.5 Å². The zero-order valence-corrected chi connectivity index (χ0v) is 11.6. The lowest BCUT2D eigenvalue weighted by Crippen LogP contribution is -2.14. The molecule has 1 atom stereocenters. The van der Waals surface area contributed by atoms with Gasteiger partial charge in [0.25, 0.3) is 0 Å². The van der Waals surface area contributed by atoms with Crippen molar-refractivity contribution < 1.29 is 14.3 Å². The summed E-state index contributed by atoms with van der Waals surface area (Å²) in [5, 5.41) is 0. The summed E-state index contributed by atoms with van der Waals surface area (Å²) >= 11 is 0. The number of esters is 2. The molecule has 17 heavy (non-hydrogen) atoms. The van der Waals surface area contributed by atoms with E-state index in [0.717, 1.165) is 25.7 Å². The smallest absolute Gasteiger partial charge is 0.313 e. The molecule has 0 N–H and O–H groups in total. The van der Waals surface area contributed by atoms with Crippen LogP contribution < -0.4 is 0 Å². The molecule has 0 heterocycles. The molecule has 0 aliphatic rings. The minimum Gasteiger partial charge on any atom is -0.393 e. The molecule has 0 saturated heterocycles. The van der Waals surface area contributed by atoms with Gasteiger partial charge in [-0.3, -0.25) is 9.59 Å². The Balaban J connectivity index is 3.67. The molecular formula is C14H26O3. The van der Waals surface area contributed by atoms with Gasteiger partial charge < -0.3 is 4.74 Å². The van der Waals surface area contributed by atoms with E-state index in [2.05, 4.69) is 27.7 Å². The van der Waals surface area contributed by atoms with Gasteiger partial charge in [-0.25, -0.2) is 0 Å². The number of carbonyl (C=O) groups excluding carboxylic acids is 2. The molecule has 0 aromatic carbocycles. The Morgan fingerprint density at radius 3 is 2.12 bits per heavy atom. The van der Waals surface area contributed by atoms with Gasteiger partial charge in [0.05, 0.1) is 0 Å². The fourth-order valence-corrected chi connectivity index (χ4v) is 1.43. The summed E-state index contributed by atoms with van der Waals surface area (Å²) in [7, 11) is 0. The van der Waals surface area contributed by atoms with E-state index in [0.29, 0.717) is 24.7 Å². The zero-order valence-electron chi connectivity index (χ0n) is 11.6. The second-order valence-corrected chi connectivity index (χ2v) is 5.06. The SMILES string of the molecule is CCCCCC(=O)OC(=O)CCC(C)C(C)C. The van der Waals surface area contributed by atoms with Gasteiger partial charge in [0.1, 0.15) is 0 Å². The van der Waals surface area contributed by atoms with Crippen LogP contribution in [0.3, 0.4) is 0 Å². The van der Waals surface area contributed by atoms with E-state index in [1.165, 1.54) is 0 Å². The van der Waals surface area contributed by atoms with Crippen molar-refractivity contribution in [3.63, 3.8) is 0 Å². The number of carbonyl (C=O) groups is 2. The highest BCUT2D eigenvalue weighted by Crippen LogP contribution is 2.16. The fourth-order valence-electron chi connectivity index (χ4n) is 1.43. The van der Waals surface area contributed by atoms with Gasteiger partial charge in [-0.2, -0.15) is 0 Å². The molecule has 0 aromatic heterocycles. The third-order valence-corrected chi connectivity index (χ3v) is 3.15. The van der Waals surface area contributed by atoms with Crippen molar-refractivity contribution in [2.24, 2.45) is 11.8 Å². The third kappa shape index (κ3) is 8.90. The first-order chi connectivity index (χ1) is 7.97. The van der Waals surface area contributed by atoms with E-state index in [1.807, 2.05) is 0 Å². The topological polar surface area (TPSA) is 43.4 Å². The van der Waals surface area contributed by atoms with Gasteiger partial charge in [0, 0.05) is 12.8 Å². The average Bonchev–Trinajstić information content (AvgIpc) is 2.26. The van der Waals surface area contributed by atoms with Crippen LogP contribution in [-0.2, 0) is 14.3 Å². The van der Waals surface area contributed by atoms with Crippen molar-refractivity contribution in [1.29, 1.82) is 0 Å². The first-order valence-corrected chi connectivity index (χ1v) is 6.70. The Kier molecular flexibility index (Phi) is 8.73. The molecule has 0 rings (SSSR count). The van der Waals surface area contributed by atoms with E-state index in [1.54, 1.807) is 0 Å². The number of ether oxygens (including phenoxy) is 1. The number of hydrogen-bond donors (Lipinski definition) is 0. The minimum absolute atomic E-state index is 0.346. The van der Waals surface area contributed by atoms with Crippen molar-refractivity contribution in [3.8, 4) is 0 Å². The molecule has 0 saturated carbocycles. The summed E-state index contributed by atoms with van der Waals surface area (Å²) in [6.07, 6.45) is 4.38. The molecule has 0 spiro atoms. The van der Waals surface area contributed by atoms with Crippen molar-refractivity contribution in [2.45, 2.75) is 66.2 Å². The first kappa shape index (κ1) is 16.1. The quantitative estimate of drug-likeness (QED) is 0.370. The van der Waals surface area contributed by atoms with Crippen LogP contribution in [0.2, 0.25) is 0 Å². The predicted octanol–water partition coefficient (Wildman–Crippen LogP) is 3.71. The first-order valence-electron chi connectivity index (χ1n) is 6.70. The Labute approximate surface area is 105 Å². The number of unbranched alkanes of at least 4 members (excludes halogenated alkanes) is 2. The summed E-state index contributed by atoms with van der Waals surface area (Å²) in [6, 6.07) is 0. The van der Waals surface area contributed by atoms with Crippen LogP contribution in [0.15, 0.2) is 0 Å².